The Morgan fingerprint density at radius 2 is 1.71 bits per heavy atom. The second-order valence-electron chi connectivity index (χ2n) is 2.24. The third-order valence-corrected chi connectivity index (χ3v) is 1.20. The van der Waals surface area contributed by atoms with E-state index in [1.807, 2.05) is 26.8 Å². The molecule has 0 aliphatic carbocycles. The van der Waals surface area contributed by atoms with E-state index < -0.39 is 0 Å². The van der Waals surface area contributed by atoms with Crippen molar-refractivity contribution >= 4 is 0 Å². The van der Waals surface area contributed by atoms with Crippen molar-refractivity contribution in [1.29, 1.82) is 0 Å². The molecule has 0 nitrogen and oxygen atoms in total. The summed E-state index contributed by atoms with van der Waals surface area (Å²) >= 11 is 0. The molecule has 0 heterocycles. The summed E-state index contributed by atoms with van der Waals surface area (Å²) < 4.78 is 0. The van der Waals surface area contributed by atoms with Gasteiger partial charge in [-0.1, -0.05) is 57.2 Å². The maximum absolute atomic E-state index is 4.00. The van der Waals surface area contributed by atoms with Crippen LogP contribution in [0.4, 0.5) is 0 Å². The highest BCUT2D eigenvalue weighted by Gasteiger charge is 1.80. The van der Waals surface area contributed by atoms with Crippen molar-refractivity contribution in [2.45, 2.75) is 40.5 Å². The molecule has 0 saturated heterocycles. The molecule has 0 unspecified atom stereocenters. The van der Waals surface area contributed by atoms with Crippen LogP contribution in [0.2, 0.25) is 0 Å². The van der Waals surface area contributed by atoms with E-state index in [9.17, 15) is 0 Å². The van der Waals surface area contributed by atoms with Crippen molar-refractivity contribution in [3.05, 3.63) is 36.5 Å². The zero-order chi connectivity index (χ0) is 11.8. The van der Waals surface area contributed by atoms with Gasteiger partial charge >= 0.3 is 0 Å². The third-order valence-electron chi connectivity index (χ3n) is 1.20. The standard InChI is InChI=1S/C10H16.C2H6.C2H2/c1-4-6-8-10(3)9-7-5-2;2*1-2/h4,6-7,9H,3,5,8H2,1-2H3;1-2H3;1-2H/b6-4-,9-7-;;. The van der Waals surface area contributed by atoms with Gasteiger partial charge in [-0.2, -0.15) is 0 Å². The monoisotopic (exact) mass is 192 g/mol. The van der Waals surface area contributed by atoms with E-state index in [4.69, 9.17) is 0 Å². The van der Waals surface area contributed by atoms with Gasteiger partial charge in [0.25, 0.3) is 0 Å². The van der Waals surface area contributed by atoms with Crippen LogP contribution in [0.1, 0.15) is 40.5 Å². The lowest BCUT2D eigenvalue weighted by molar-refractivity contribution is 1.20. The lowest BCUT2D eigenvalue weighted by Crippen LogP contribution is -1.70. The maximum atomic E-state index is 4.00. The molecule has 0 amide bonds. The van der Waals surface area contributed by atoms with Crippen LogP contribution in [0.3, 0.4) is 0 Å². The molecule has 14 heavy (non-hydrogen) atoms. The van der Waals surface area contributed by atoms with E-state index in [1.165, 1.54) is 5.57 Å². The summed E-state index contributed by atoms with van der Waals surface area (Å²) in [5.41, 5.74) is 1.18. The van der Waals surface area contributed by atoms with Crippen molar-refractivity contribution in [2.75, 3.05) is 0 Å². The molecule has 0 rings (SSSR count). The Morgan fingerprint density at radius 3 is 2.07 bits per heavy atom. The summed E-state index contributed by atoms with van der Waals surface area (Å²) in [6.07, 6.45) is 18.4. The summed E-state index contributed by atoms with van der Waals surface area (Å²) in [5, 5.41) is 0. The molecule has 0 aromatic heterocycles. The highest BCUT2D eigenvalue weighted by Crippen LogP contribution is 2.01. The van der Waals surface area contributed by atoms with Crippen molar-refractivity contribution < 1.29 is 0 Å². The van der Waals surface area contributed by atoms with E-state index in [0.717, 1.165) is 12.8 Å². The van der Waals surface area contributed by atoms with E-state index in [-0.39, 0.29) is 0 Å². The molecule has 0 atom stereocenters. The SMILES string of the molecule is C#C.C=C(/C=C\CC)C/C=C\C.CC. The molecule has 80 valence electrons. The van der Waals surface area contributed by atoms with Crippen LogP contribution < -0.4 is 0 Å². The number of rotatable bonds is 4. The molecule has 0 fully saturated rings. The summed E-state index contributed by atoms with van der Waals surface area (Å²) in [7, 11) is 0. The normalized spacial score (nSPS) is 8.71. The summed E-state index contributed by atoms with van der Waals surface area (Å²) in [5.74, 6) is 0. The van der Waals surface area contributed by atoms with Crippen molar-refractivity contribution in [2.24, 2.45) is 0 Å². The first kappa shape index (κ1) is 18.5. The van der Waals surface area contributed by atoms with Gasteiger partial charge in [0.15, 0.2) is 0 Å². The molecule has 0 bridgehead atoms. The van der Waals surface area contributed by atoms with Gasteiger partial charge in [-0.25, -0.2) is 0 Å². The van der Waals surface area contributed by atoms with Gasteiger partial charge in [-0.05, 0) is 19.8 Å². The Balaban J connectivity index is -0.000000266. The Morgan fingerprint density at radius 1 is 1.21 bits per heavy atom. The fourth-order valence-electron chi connectivity index (χ4n) is 0.622. The Kier molecular flexibility index (Phi) is 30.0. The molecule has 0 spiro atoms. The zero-order valence-electron chi connectivity index (χ0n) is 10.1. The first-order valence-electron chi connectivity index (χ1n) is 5.10. The highest BCUT2D eigenvalue weighted by molar-refractivity contribution is 5.17. The van der Waals surface area contributed by atoms with E-state index >= 15 is 0 Å². The minimum absolute atomic E-state index is 0.979. The van der Waals surface area contributed by atoms with Crippen molar-refractivity contribution in [3.8, 4) is 12.8 Å². The van der Waals surface area contributed by atoms with E-state index in [1.54, 1.807) is 0 Å². The minimum Gasteiger partial charge on any atom is -0.124 e. The molecule has 0 heteroatoms. The molecule has 0 aromatic rings. The van der Waals surface area contributed by atoms with Crippen LogP contribution in [0.25, 0.3) is 0 Å². The third kappa shape index (κ3) is 22.4. The average molecular weight is 192 g/mol. The second kappa shape index (κ2) is 22.6. The molecule has 0 aromatic carbocycles. The number of hydrogen-bond acceptors (Lipinski definition) is 0. The van der Waals surface area contributed by atoms with Crippen molar-refractivity contribution in [1.82, 2.24) is 0 Å². The molecular formula is C14H24. The lowest BCUT2D eigenvalue weighted by atomic mass is 10.2. The summed E-state index contributed by atoms with van der Waals surface area (Å²) in [4.78, 5) is 0. The molecule has 0 N–H and O–H groups in total. The average Bonchev–Trinajstić information content (AvgIpc) is 2.29. The van der Waals surface area contributed by atoms with Crippen LogP contribution >= 0.6 is 0 Å². The van der Waals surface area contributed by atoms with E-state index in [0.29, 0.717) is 0 Å². The second-order valence-corrected chi connectivity index (χ2v) is 2.24. The largest absolute Gasteiger partial charge is 0.124 e. The Hall–Kier alpha value is -1.22. The predicted molar refractivity (Wildman–Crippen MR) is 69.2 cm³/mol. The van der Waals surface area contributed by atoms with Crippen LogP contribution in [-0.4, -0.2) is 0 Å². The van der Waals surface area contributed by atoms with Crippen LogP contribution in [0.5, 0.6) is 0 Å². The highest BCUT2D eigenvalue weighted by atomic mass is 13.9. The quantitative estimate of drug-likeness (QED) is 0.342. The molecular weight excluding hydrogens is 168 g/mol. The minimum atomic E-state index is 0.979. The van der Waals surface area contributed by atoms with Gasteiger partial charge in [0.1, 0.15) is 0 Å². The maximum Gasteiger partial charge on any atom is -0.0104 e. The van der Waals surface area contributed by atoms with Gasteiger partial charge in [-0.15, -0.1) is 12.8 Å². The first-order chi connectivity index (χ1) is 6.81. The van der Waals surface area contributed by atoms with Gasteiger partial charge in [-0.3, -0.25) is 0 Å². The Labute approximate surface area is 90.4 Å². The first-order valence-corrected chi connectivity index (χ1v) is 5.10. The Bertz CT molecular complexity index is 168. The van der Waals surface area contributed by atoms with Gasteiger partial charge in [0, 0.05) is 0 Å². The zero-order valence-corrected chi connectivity index (χ0v) is 10.1. The molecule has 0 radical (unpaired) electrons. The topological polar surface area (TPSA) is 0 Å². The van der Waals surface area contributed by atoms with Gasteiger partial charge < -0.3 is 0 Å². The molecule has 0 aliphatic rings. The predicted octanol–water partition coefficient (Wildman–Crippen LogP) is 4.75. The van der Waals surface area contributed by atoms with Crippen LogP contribution in [0, 0.1) is 12.8 Å². The van der Waals surface area contributed by atoms with E-state index in [2.05, 4.69) is 44.6 Å². The number of hydrogen-bond donors (Lipinski definition) is 0. The van der Waals surface area contributed by atoms with Gasteiger partial charge in [0.2, 0.25) is 0 Å². The van der Waals surface area contributed by atoms with Gasteiger partial charge in [0.05, 0.1) is 0 Å². The van der Waals surface area contributed by atoms with Crippen LogP contribution in [0.15, 0.2) is 36.5 Å². The summed E-state index contributed by atoms with van der Waals surface area (Å²) in [6.45, 7) is 12.0. The lowest BCUT2D eigenvalue weighted by Gasteiger charge is -1.90. The molecule has 0 saturated carbocycles. The smallest absolute Gasteiger partial charge is 0.0104 e. The number of terminal acetylenes is 1. The number of allylic oxidation sites excluding steroid dienone is 5. The van der Waals surface area contributed by atoms with Crippen molar-refractivity contribution in [3.63, 3.8) is 0 Å². The van der Waals surface area contributed by atoms with Crippen LogP contribution in [-0.2, 0) is 0 Å². The fourth-order valence-corrected chi connectivity index (χ4v) is 0.622. The fraction of sp³-hybridized carbons (Fsp3) is 0.429. The molecule has 0 aliphatic heterocycles. The summed E-state index contributed by atoms with van der Waals surface area (Å²) in [6, 6.07) is 0.